The SMILES string of the molecule is CNCc1cc(F)c(N2CCc3ccccc3C2)c(F)c1. The molecule has 1 aliphatic rings. The summed E-state index contributed by atoms with van der Waals surface area (Å²) < 4.78 is 28.6. The molecule has 0 fully saturated rings. The minimum Gasteiger partial charge on any atom is -0.362 e. The van der Waals surface area contributed by atoms with Crippen molar-refractivity contribution < 1.29 is 8.78 Å². The molecule has 0 unspecified atom stereocenters. The van der Waals surface area contributed by atoms with Crippen LogP contribution in [0.1, 0.15) is 16.7 Å². The van der Waals surface area contributed by atoms with E-state index >= 15 is 0 Å². The van der Waals surface area contributed by atoms with Crippen LogP contribution in [0.15, 0.2) is 36.4 Å². The summed E-state index contributed by atoms with van der Waals surface area (Å²) in [7, 11) is 1.76. The van der Waals surface area contributed by atoms with E-state index in [0.717, 1.165) is 12.0 Å². The largest absolute Gasteiger partial charge is 0.362 e. The van der Waals surface area contributed by atoms with Crippen molar-refractivity contribution >= 4 is 5.69 Å². The zero-order valence-electron chi connectivity index (χ0n) is 12.0. The first-order chi connectivity index (χ1) is 10.2. The van der Waals surface area contributed by atoms with Crippen molar-refractivity contribution in [2.45, 2.75) is 19.5 Å². The van der Waals surface area contributed by atoms with Gasteiger partial charge in [0.25, 0.3) is 0 Å². The third-order valence-corrected chi connectivity index (χ3v) is 3.90. The van der Waals surface area contributed by atoms with Crippen LogP contribution < -0.4 is 10.2 Å². The summed E-state index contributed by atoms with van der Waals surface area (Å²) in [5, 5.41) is 2.90. The van der Waals surface area contributed by atoms with Gasteiger partial charge in [-0.15, -0.1) is 0 Å². The monoisotopic (exact) mass is 288 g/mol. The lowest BCUT2D eigenvalue weighted by Crippen LogP contribution is -2.31. The van der Waals surface area contributed by atoms with Gasteiger partial charge in [-0.2, -0.15) is 0 Å². The van der Waals surface area contributed by atoms with Crippen molar-refractivity contribution in [1.82, 2.24) is 5.32 Å². The van der Waals surface area contributed by atoms with Gasteiger partial charge in [0, 0.05) is 19.6 Å². The maximum Gasteiger partial charge on any atom is 0.149 e. The lowest BCUT2D eigenvalue weighted by atomic mass is 9.99. The van der Waals surface area contributed by atoms with Crippen molar-refractivity contribution in [3.05, 3.63) is 64.7 Å². The van der Waals surface area contributed by atoms with Crippen LogP contribution in [-0.2, 0) is 19.5 Å². The van der Waals surface area contributed by atoms with Crippen LogP contribution in [0.2, 0.25) is 0 Å². The fourth-order valence-corrected chi connectivity index (χ4v) is 2.91. The Morgan fingerprint density at radius 1 is 1.10 bits per heavy atom. The van der Waals surface area contributed by atoms with Gasteiger partial charge < -0.3 is 10.2 Å². The summed E-state index contributed by atoms with van der Waals surface area (Å²) in [6.07, 6.45) is 0.813. The Kier molecular flexibility index (Phi) is 3.88. The average molecular weight is 288 g/mol. The number of halogens is 2. The molecule has 1 N–H and O–H groups in total. The van der Waals surface area contributed by atoms with E-state index in [-0.39, 0.29) is 5.69 Å². The Morgan fingerprint density at radius 3 is 2.43 bits per heavy atom. The summed E-state index contributed by atoms with van der Waals surface area (Å²) in [6.45, 7) is 1.64. The van der Waals surface area contributed by atoms with Crippen LogP contribution in [0, 0.1) is 11.6 Å². The van der Waals surface area contributed by atoms with Gasteiger partial charge >= 0.3 is 0 Å². The first-order valence-electron chi connectivity index (χ1n) is 7.13. The van der Waals surface area contributed by atoms with Crippen molar-refractivity contribution in [3.8, 4) is 0 Å². The molecule has 0 aromatic heterocycles. The molecule has 0 saturated carbocycles. The number of hydrogen-bond acceptors (Lipinski definition) is 2. The maximum absolute atomic E-state index is 14.3. The molecule has 0 atom stereocenters. The first-order valence-corrected chi connectivity index (χ1v) is 7.13. The molecule has 0 amide bonds. The van der Waals surface area contributed by atoms with Crippen LogP contribution in [0.5, 0.6) is 0 Å². The molecular formula is C17H18F2N2. The van der Waals surface area contributed by atoms with Crippen LogP contribution in [0.25, 0.3) is 0 Å². The van der Waals surface area contributed by atoms with Crippen molar-refractivity contribution in [2.75, 3.05) is 18.5 Å². The van der Waals surface area contributed by atoms with E-state index in [1.165, 1.54) is 17.7 Å². The quantitative estimate of drug-likeness (QED) is 0.932. The van der Waals surface area contributed by atoms with Crippen molar-refractivity contribution in [3.63, 3.8) is 0 Å². The number of anilines is 1. The lowest BCUT2D eigenvalue weighted by molar-refractivity contribution is 0.560. The second-order valence-corrected chi connectivity index (χ2v) is 5.38. The summed E-state index contributed by atoms with van der Waals surface area (Å²) in [6, 6.07) is 10.9. The second kappa shape index (κ2) is 5.82. The first kappa shape index (κ1) is 14.0. The summed E-state index contributed by atoms with van der Waals surface area (Å²) in [5.74, 6) is -0.973. The zero-order valence-corrected chi connectivity index (χ0v) is 12.0. The van der Waals surface area contributed by atoms with Crippen molar-refractivity contribution in [2.24, 2.45) is 0 Å². The topological polar surface area (TPSA) is 15.3 Å². The molecule has 0 saturated heterocycles. The van der Waals surface area contributed by atoms with E-state index in [1.807, 2.05) is 18.2 Å². The fourth-order valence-electron chi connectivity index (χ4n) is 2.91. The molecule has 2 nitrogen and oxygen atoms in total. The smallest absolute Gasteiger partial charge is 0.149 e. The minimum absolute atomic E-state index is 0.0874. The predicted octanol–water partition coefficient (Wildman–Crippen LogP) is 3.25. The lowest BCUT2D eigenvalue weighted by Gasteiger charge is -2.31. The van der Waals surface area contributed by atoms with Crippen LogP contribution in [-0.4, -0.2) is 13.6 Å². The summed E-state index contributed by atoms with van der Waals surface area (Å²) in [5.41, 5.74) is 3.11. The molecule has 2 aromatic rings. The molecule has 0 bridgehead atoms. The summed E-state index contributed by atoms with van der Waals surface area (Å²) >= 11 is 0. The number of fused-ring (bicyclic) bond motifs is 1. The van der Waals surface area contributed by atoms with Gasteiger partial charge in [-0.25, -0.2) is 8.78 Å². The minimum atomic E-state index is -0.486. The van der Waals surface area contributed by atoms with E-state index in [2.05, 4.69) is 11.4 Å². The Labute approximate surface area is 123 Å². The van der Waals surface area contributed by atoms with E-state index in [9.17, 15) is 8.78 Å². The fraction of sp³-hybridized carbons (Fsp3) is 0.294. The third kappa shape index (κ3) is 2.76. The van der Waals surface area contributed by atoms with E-state index in [4.69, 9.17) is 0 Å². The number of rotatable bonds is 3. The average Bonchev–Trinajstić information content (AvgIpc) is 2.47. The molecule has 2 aromatic carbocycles. The van der Waals surface area contributed by atoms with Gasteiger partial charge in [0.2, 0.25) is 0 Å². The van der Waals surface area contributed by atoms with Gasteiger partial charge in [-0.3, -0.25) is 0 Å². The number of hydrogen-bond donors (Lipinski definition) is 1. The van der Waals surface area contributed by atoms with Crippen LogP contribution in [0.3, 0.4) is 0 Å². The molecule has 1 aliphatic heterocycles. The molecule has 3 rings (SSSR count). The highest BCUT2D eigenvalue weighted by Gasteiger charge is 2.22. The van der Waals surface area contributed by atoms with E-state index in [1.54, 1.807) is 11.9 Å². The summed E-state index contributed by atoms with van der Waals surface area (Å²) in [4.78, 5) is 1.79. The maximum atomic E-state index is 14.3. The van der Waals surface area contributed by atoms with Gasteiger partial charge in [-0.05, 0) is 42.3 Å². The van der Waals surface area contributed by atoms with Crippen molar-refractivity contribution in [1.29, 1.82) is 0 Å². The molecule has 110 valence electrons. The molecule has 0 radical (unpaired) electrons. The second-order valence-electron chi connectivity index (χ2n) is 5.38. The molecule has 0 spiro atoms. The van der Waals surface area contributed by atoms with Crippen LogP contribution in [0.4, 0.5) is 14.5 Å². The predicted molar refractivity (Wildman–Crippen MR) is 80.3 cm³/mol. The van der Waals surface area contributed by atoms with Gasteiger partial charge in [0.15, 0.2) is 0 Å². The normalized spacial score (nSPS) is 14.1. The molecular weight excluding hydrogens is 270 g/mol. The van der Waals surface area contributed by atoms with Gasteiger partial charge in [-0.1, -0.05) is 24.3 Å². The van der Waals surface area contributed by atoms with E-state index in [0.29, 0.717) is 25.2 Å². The van der Waals surface area contributed by atoms with Gasteiger partial charge in [0.1, 0.15) is 17.3 Å². The molecule has 4 heteroatoms. The number of nitrogens with one attached hydrogen (secondary N) is 1. The zero-order chi connectivity index (χ0) is 14.8. The highest BCUT2D eigenvalue weighted by molar-refractivity contribution is 5.53. The van der Waals surface area contributed by atoms with Crippen LogP contribution >= 0.6 is 0 Å². The highest BCUT2D eigenvalue weighted by atomic mass is 19.1. The Hall–Kier alpha value is -1.94. The Balaban J connectivity index is 1.92. The number of nitrogens with zero attached hydrogens (tertiary/aromatic N) is 1. The molecule has 1 heterocycles. The Morgan fingerprint density at radius 2 is 1.76 bits per heavy atom. The highest BCUT2D eigenvalue weighted by Crippen LogP contribution is 2.29. The Bertz CT molecular complexity index is 632. The standard InChI is InChI=1S/C17H18F2N2/c1-20-10-12-8-15(18)17(16(19)9-12)21-7-6-13-4-2-3-5-14(13)11-21/h2-5,8-9,20H,6-7,10-11H2,1H3. The third-order valence-electron chi connectivity index (χ3n) is 3.90. The van der Waals surface area contributed by atoms with Gasteiger partial charge in [0.05, 0.1) is 0 Å². The number of benzene rings is 2. The molecule has 0 aliphatic carbocycles. The molecule has 21 heavy (non-hydrogen) atoms. The van der Waals surface area contributed by atoms with E-state index < -0.39 is 11.6 Å².